The fourth-order valence-electron chi connectivity index (χ4n) is 3.30. The van der Waals surface area contributed by atoms with Gasteiger partial charge in [0.05, 0.1) is 11.2 Å². The van der Waals surface area contributed by atoms with Gasteiger partial charge in [0, 0.05) is 4.88 Å². The summed E-state index contributed by atoms with van der Waals surface area (Å²) in [5, 5.41) is 0. The molecule has 2 aromatic rings. The number of nitrogens with two attached hydrogens (primary N) is 1. The predicted molar refractivity (Wildman–Crippen MR) is 85.1 cm³/mol. The van der Waals surface area contributed by atoms with Crippen LogP contribution in [0.1, 0.15) is 34.5 Å². The first kappa shape index (κ1) is 13.8. The normalized spacial score (nSPS) is 21.7. The van der Waals surface area contributed by atoms with E-state index in [1.54, 1.807) is 11.3 Å². The van der Waals surface area contributed by atoms with Gasteiger partial charge in [-0.15, -0.1) is 11.3 Å². The fraction of sp³-hybridized carbons (Fsp3) is 0.471. The molecule has 0 radical (unpaired) electrons. The molecular formula is C17H22N2S. The molecule has 0 aliphatic heterocycles. The molecule has 1 aliphatic carbocycles. The van der Waals surface area contributed by atoms with Crippen LogP contribution in [0.4, 0.5) is 0 Å². The van der Waals surface area contributed by atoms with Crippen molar-refractivity contribution in [2.24, 2.45) is 11.1 Å². The zero-order valence-corrected chi connectivity index (χ0v) is 12.9. The van der Waals surface area contributed by atoms with Crippen molar-refractivity contribution in [1.29, 1.82) is 0 Å². The van der Waals surface area contributed by atoms with Crippen molar-refractivity contribution < 1.29 is 0 Å². The monoisotopic (exact) mass is 286 g/mol. The van der Waals surface area contributed by atoms with E-state index in [1.807, 2.05) is 5.51 Å². The van der Waals surface area contributed by atoms with E-state index >= 15 is 0 Å². The molecule has 106 valence electrons. The van der Waals surface area contributed by atoms with E-state index in [0.717, 1.165) is 19.4 Å². The Bertz CT molecular complexity index is 590. The minimum absolute atomic E-state index is 0.283. The summed E-state index contributed by atoms with van der Waals surface area (Å²) in [4.78, 5) is 5.78. The number of benzene rings is 1. The van der Waals surface area contributed by atoms with E-state index in [2.05, 4.69) is 36.2 Å². The highest BCUT2D eigenvalue weighted by atomic mass is 32.1. The molecular weight excluding hydrogens is 264 g/mol. The van der Waals surface area contributed by atoms with Crippen LogP contribution >= 0.6 is 11.3 Å². The summed E-state index contributed by atoms with van der Waals surface area (Å²) in [6.07, 6.45) is 5.83. The molecule has 0 spiro atoms. The first-order valence-corrected chi connectivity index (χ1v) is 8.26. The van der Waals surface area contributed by atoms with E-state index in [9.17, 15) is 0 Å². The maximum atomic E-state index is 6.16. The van der Waals surface area contributed by atoms with Crippen LogP contribution in [0.3, 0.4) is 0 Å². The number of thiazole rings is 1. The van der Waals surface area contributed by atoms with Crippen LogP contribution in [0.15, 0.2) is 29.8 Å². The van der Waals surface area contributed by atoms with Crippen molar-refractivity contribution in [2.75, 3.05) is 6.54 Å². The third-order valence-electron chi connectivity index (χ3n) is 4.77. The number of aromatic nitrogens is 1. The summed E-state index contributed by atoms with van der Waals surface area (Å²) in [6.45, 7) is 2.90. The van der Waals surface area contributed by atoms with Crippen molar-refractivity contribution in [3.05, 3.63) is 51.5 Å². The highest BCUT2D eigenvalue weighted by Crippen LogP contribution is 2.38. The molecule has 1 unspecified atom stereocenters. The molecule has 2 N–H and O–H groups in total. The van der Waals surface area contributed by atoms with E-state index in [4.69, 9.17) is 5.73 Å². The van der Waals surface area contributed by atoms with E-state index in [0.29, 0.717) is 0 Å². The van der Waals surface area contributed by atoms with Crippen LogP contribution in [0.25, 0.3) is 0 Å². The number of rotatable bonds is 4. The Morgan fingerprint density at radius 2 is 2.10 bits per heavy atom. The number of hydrogen-bond donors (Lipinski definition) is 1. The van der Waals surface area contributed by atoms with Gasteiger partial charge in [-0.25, -0.2) is 4.98 Å². The molecule has 0 saturated carbocycles. The molecule has 1 aromatic carbocycles. The summed E-state index contributed by atoms with van der Waals surface area (Å²) in [5.74, 6) is 0. The highest BCUT2D eigenvalue weighted by Gasteiger charge is 2.32. The Hall–Kier alpha value is -1.19. The smallest absolute Gasteiger partial charge is 0.0797 e. The maximum absolute atomic E-state index is 6.16. The molecule has 1 atom stereocenters. The Kier molecular flexibility index (Phi) is 3.90. The molecule has 1 aromatic heterocycles. The van der Waals surface area contributed by atoms with Gasteiger partial charge >= 0.3 is 0 Å². The van der Waals surface area contributed by atoms with Gasteiger partial charge in [-0.2, -0.15) is 0 Å². The second-order valence-corrected chi connectivity index (χ2v) is 6.95. The standard InChI is InChI=1S/C17H22N2S/c1-13-16(20-12-19-13)7-9-17(11-18)8-6-14-4-2-3-5-15(14)10-17/h2-5,12H,6-11,18H2,1H3. The number of aryl methyl sites for hydroxylation is 3. The quantitative estimate of drug-likeness (QED) is 0.934. The van der Waals surface area contributed by atoms with Crippen LogP contribution in [0.5, 0.6) is 0 Å². The summed E-state index contributed by atoms with van der Waals surface area (Å²) in [5.41, 5.74) is 12.6. The first-order chi connectivity index (χ1) is 9.72. The Balaban J connectivity index is 1.75. The van der Waals surface area contributed by atoms with Crippen molar-refractivity contribution in [2.45, 2.75) is 39.0 Å². The van der Waals surface area contributed by atoms with E-state index in [1.165, 1.54) is 41.0 Å². The predicted octanol–water partition coefficient (Wildman–Crippen LogP) is 3.52. The lowest BCUT2D eigenvalue weighted by atomic mass is 9.69. The van der Waals surface area contributed by atoms with Gasteiger partial charge in [-0.05, 0) is 62.1 Å². The third-order valence-corrected chi connectivity index (χ3v) is 5.76. The zero-order valence-electron chi connectivity index (χ0n) is 12.1. The Morgan fingerprint density at radius 3 is 2.80 bits per heavy atom. The molecule has 0 saturated heterocycles. The van der Waals surface area contributed by atoms with Crippen molar-refractivity contribution in [3.63, 3.8) is 0 Å². The Labute approximate surface area is 125 Å². The van der Waals surface area contributed by atoms with Crippen LogP contribution in [0.2, 0.25) is 0 Å². The van der Waals surface area contributed by atoms with Crippen LogP contribution < -0.4 is 5.73 Å². The average molecular weight is 286 g/mol. The first-order valence-electron chi connectivity index (χ1n) is 7.38. The van der Waals surface area contributed by atoms with Crippen molar-refractivity contribution in [3.8, 4) is 0 Å². The second kappa shape index (κ2) is 5.66. The molecule has 1 heterocycles. The molecule has 3 heteroatoms. The zero-order chi connectivity index (χ0) is 14.0. The molecule has 0 fully saturated rings. The van der Waals surface area contributed by atoms with Gasteiger partial charge in [-0.3, -0.25) is 0 Å². The number of nitrogens with zero attached hydrogens (tertiary/aromatic N) is 1. The van der Waals surface area contributed by atoms with E-state index in [-0.39, 0.29) is 5.41 Å². The van der Waals surface area contributed by atoms with Gasteiger partial charge in [0.2, 0.25) is 0 Å². The molecule has 2 nitrogen and oxygen atoms in total. The fourth-order valence-corrected chi connectivity index (χ4v) is 4.08. The Morgan fingerprint density at radius 1 is 1.30 bits per heavy atom. The van der Waals surface area contributed by atoms with Gasteiger partial charge in [0.1, 0.15) is 0 Å². The van der Waals surface area contributed by atoms with Crippen LogP contribution in [-0.4, -0.2) is 11.5 Å². The van der Waals surface area contributed by atoms with Crippen LogP contribution in [-0.2, 0) is 19.3 Å². The van der Waals surface area contributed by atoms with Crippen LogP contribution in [0, 0.1) is 12.3 Å². The summed E-state index contributed by atoms with van der Waals surface area (Å²) in [7, 11) is 0. The summed E-state index contributed by atoms with van der Waals surface area (Å²) in [6, 6.07) is 8.84. The third kappa shape index (κ3) is 2.65. The van der Waals surface area contributed by atoms with Gasteiger partial charge in [0.15, 0.2) is 0 Å². The second-order valence-electron chi connectivity index (χ2n) is 6.01. The molecule has 20 heavy (non-hydrogen) atoms. The van der Waals surface area contributed by atoms with Gasteiger partial charge in [-0.1, -0.05) is 24.3 Å². The SMILES string of the molecule is Cc1ncsc1CCC1(CN)CCc2ccccc2C1. The summed E-state index contributed by atoms with van der Waals surface area (Å²) >= 11 is 1.78. The molecule has 3 rings (SSSR count). The number of fused-ring (bicyclic) bond motifs is 1. The average Bonchev–Trinajstić information content (AvgIpc) is 2.90. The molecule has 0 amide bonds. The van der Waals surface area contributed by atoms with Gasteiger partial charge < -0.3 is 5.73 Å². The number of hydrogen-bond acceptors (Lipinski definition) is 3. The molecule has 0 bridgehead atoms. The summed E-state index contributed by atoms with van der Waals surface area (Å²) < 4.78 is 0. The van der Waals surface area contributed by atoms with Crippen molar-refractivity contribution in [1.82, 2.24) is 4.98 Å². The van der Waals surface area contributed by atoms with Crippen molar-refractivity contribution >= 4 is 11.3 Å². The lowest BCUT2D eigenvalue weighted by molar-refractivity contribution is 0.235. The minimum atomic E-state index is 0.283. The lowest BCUT2D eigenvalue weighted by Crippen LogP contribution is -2.36. The lowest BCUT2D eigenvalue weighted by Gasteiger charge is -2.37. The largest absolute Gasteiger partial charge is 0.330 e. The highest BCUT2D eigenvalue weighted by molar-refractivity contribution is 7.09. The minimum Gasteiger partial charge on any atom is -0.330 e. The molecule has 1 aliphatic rings. The van der Waals surface area contributed by atoms with Gasteiger partial charge in [0.25, 0.3) is 0 Å². The van der Waals surface area contributed by atoms with E-state index < -0.39 is 0 Å². The topological polar surface area (TPSA) is 38.9 Å². The maximum Gasteiger partial charge on any atom is 0.0797 e.